The highest BCUT2D eigenvalue weighted by molar-refractivity contribution is 5.94. The van der Waals surface area contributed by atoms with Crippen LogP contribution in [0.1, 0.15) is 23.6 Å². The van der Waals surface area contributed by atoms with Gasteiger partial charge in [-0.05, 0) is 31.0 Å². The Bertz CT molecular complexity index is 859. The van der Waals surface area contributed by atoms with Crippen LogP contribution in [0.3, 0.4) is 0 Å². The largest absolute Gasteiger partial charge is 0.383 e. The summed E-state index contributed by atoms with van der Waals surface area (Å²) in [5.41, 5.74) is 16.7. The number of nitrogens with one attached hydrogen (secondary N) is 1. The van der Waals surface area contributed by atoms with Gasteiger partial charge in [-0.25, -0.2) is 4.98 Å². The molecular weight excluding hydrogens is 288 g/mol. The van der Waals surface area contributed by atoms with E-state index in [1.807, 2.05) is 12.3 Å². The van der Waals surface area contributed by atoms with Crippen molar-refractivity contribution in [3.8, 4) is 0 Å². The van der Waals surface area contributed by atoms with Gasteiger partial charge in [-0.1, -0.05) is 12.1 Å². The Morgan fingerprint density at radius 1 is 1.17 bits per heavy atom. The lowest BCUT2D eigenvalue weighted by molar-refractivity contribution is 1.09. The smallest absolute Gasteiger partial charge is 0.221 e. The van der Waals surface area contributed by atoms with Gasteiger partial charge in [0.25, 0.3) is 0 Å². The van der Waals surface area contributed by atoms with Gasteiger partial charge in [0.2, 0.25) is 5.95 Å². The van der Waals surface area contributed by atoms with Crippen LogP contribution >= 0.6 is 0 Å². The lowest BCUT2D eigenvalue weighted by Crippen LogP contribution is -2.06. The highest BCUT2D eigenvalue weighted by Crippen LogP contribution is 2.30. The molecule has 6 heteroatoms. The molecule has 0 radical (unpaired) electrons. The zero-order valence-corrected chi connectivity index (χ0v) is 13.3. The van der Waals surface area contributed by atoms with Crippen LogP contribution in [-0.2, 0) is 6.42 Å². The number of rotatable bonds is 4. The van der Waals surface area contributed by atoms with Crippen molar-refractivity contribution in [2.24, 2.45) is 0 Å². The van der Waals surface area contributed by atoms with Crippen LogP contribution in [0.2, 0.25) is 0 Å². The summed E-state index contributed by atoms with van der Waals surface area (Å²) in [6.45, 7) is 5.01. The number of nitrogens with zero attached hydrogens (tertiary/aromatic N) is 3. The predicted octanol–water partition coefficient (Wildman–Crippen LogP) is 2.52. The molecule has 2 heterocycles. The van der Waals surface area contributed by atoms with E-state index in [4.69, 9.17) is 11.5 Å². The molecule has 0 unspecified atom stereocenters. The van der Waals surface area contributed by atoms with Gasteiger partial charge in [-0.2, -0.15) is 4.98 Å². The summed E-state index contributed by atoms with van der Waals surface area (Å²) < 4.78 is 0. The summed E-state index contributed by atoms with van der Waals surface area (Å²) in [5.74, 6) is 0.611. The van der Waals surface area contributed by atoms with Crippen LogP contribution in [0.5, 0.6) is 0 Å². The third kappa shape index (κ3) is 2.88. The topological polar surface area (TPSA) is 103 Å². The molecule has 0 fully saturated rings. The number of hydrogen-bond donors (Lipinski definition) is 3. The predicted molar refractivity (Wildman–Crippen MR) is 94.3 cm³/mol. The van der Waals surface area contributed by atoms with E-state index in [2.05, 4.69) is 46.2 Å². The van der Waals surface area contributed by atoms with Gasteiger partial charge in [0.15, 0.2) is 0 Å². The van der Waals surface area contributed by atoms with Crippen molar-refractivity contribution in [3.05, 3.63) is 47.3 Å². The maximum absolute atomic E-state index is 5.97. The van der Waals surface area contributed by atoms with Crippen molar-refractivity contribution in [1.29, 1.82) is 0 Å². The highest BCUT2D eigenvalue weighted by Gasteiger charge is 2.12. The van der Waals surface area contributed by atoms with Gasteiger partial charge < -0.3 is 16.8 Å². The van der Waals surface area contributed by atoms with Crippen molar-refractivity contribution in [2.45, 2.75) is 20.3 Å². The van der Waals surface area contributed by atoms with Gasteiger partial charge >= 0.3 is 0 Å². The fourth-order valence-electron chi connectivity index (χ4n) is 2.78. The summed E-state index contributed by atoms with van der Waals surface area (Å²) in [4.78, 5) is 12.6. The number of anilines is 3. The lowest BCUT2D eigenvalue weighted by atomic mass is 9.97. The molecule has 0 saturated carbocycles. The molecule has 0 saturated heterocycles. The molecule has 5 N–H and O–H groups in total. The second kappa shape index (κ2) is 6.08. The minimum Gasteiger partial charge on any atom is -0.383 e. The van der Waals surface area contributed by atoms with Crippen LogP contribution < -0.4 is 16.8 Å². The quantitative estimate of drug-likeness (QED) is 0.684. The fraction of sp³-hybridized carbons (Fsp3) is 0.235. The minimum atomic E-state index is 0.191. The summed E-state index contributed by atoms with van der Waals surface area (Å²) >= 11 is 0. The Balaban J connectivity index is 2.13. The molecular formula is C17H20N6. The molecule has 23 heavy (non-hydrogen) atoms. The number of nitrogen functional groups attached to an aromatic ring is 2. The van der Waals surface area contributed by atoms with Crippen molar-refractivity contribution >= 4 is 28.4 Å². The number of pyridine rings is 1. The van der Waals surface area contributed by atoms with Crippen molar-refractivity contribution < 1.29 is 0 Å². The monoisotopic (exact) mass is 308 g/mol. The van der Waals surface area contributed by atoms with Crippen LogP contribution in [0.4, 0.5) is 17.5 Å². The van der Waals surface area contributed by atoms with E-state index in [0.717, 1.165) is 39.8 Å². The second-order valence-corrected chi connectivity index (χ2v) is 5.47. The number of hydrogen-bond acceptors (Lipinski definition) is 6. The zero-order valence-electron chi connectivity index (χ0n) is 13.3. The third-order valence-electron chi connectivity index (χ3n) is 3.83. The Morgan fingerprint density at radius 2 is 2.00 bits per heavy atom. The fourth-order valence-corrected chi connectivity index (χ4v) is 2.78. The maximum Gasteiger partial charge on any atom is 0.221 e. The SMILES string of the molecule is CCNc1c(C)cc(Cc2cnc(N)nc2N)c2cccnc12. The summed E-state index contributed by atoms with van der Waals surface area (Å²) in [5, 5.41) is 4.50. The van der Waals surface area contributed by atoms with E-state index in [1.165, 1.54) is 0 Å². The van der Waals surface area contributed by atoms with E-state index in [1.54, 1.807) is 6.20 Å². The average molecular weight is 308 g/mol. The first kappa shape index (κ1) is 15.0. The Hall–Kier alpha value is -2.89. The van der Waals surface area contributed by atoms with Crippen molar-refractivity contribution in [3.63, 3.8) is 0 Å². The standard InChI is InChI=1S/C17H20N6/c1-3-20-14-10(2)7-11(13-5-4-6-21-15(13)14)8-12-9-22-17(19)23-16(12)18/h4-7,9,20H,3,8H2,1-2H3,(H4,18,19,22,23). The molecule has 0 spiro atoms. The first-order chi connectivity index (χ1) is 11.1. The van der Waals surface area contributed by atoms with Gasteiger partial charge in [0.05, 0.1) is 11.2 Å². The molecule has 0 aliphatic rings. The summed E-state index contributed by atoms with van der Waals surface area (Å²) in [7, 11) is 0. The van der Waals surface area contributed by atoms with E-state index >= 15 is 0 Å². The normalized spacial score (nSPS) is 10.9. The number of nitrogens with two attached hydrogens (primary N) is 2. The molecule has 0 amide bonds. The Labute approximate surface area is 135 Å². The minimum absolute atomic E-state index is 0.191. The van der Waals surface area contributed by atoms with Gasteiger partial charge in [0, 0.05) is 36.3 Å². The van der Waals surface area contributed by atoms with E-state index < -0.39 is 0 Å². The lowest BCUT2D eigenvalue weighted by Gasteiger charge is -2.15. The number of aryl methyl sites for hydroxylation is 1. The third-order valence-corrected chi connectivity index (χ3v) is 3.83. The molecule has 6 nitrogen and oxygen atoms in total. The van der Waals surface area contributed by atoms with Gasteiger partial charge in [-0.15, -0.1) is 0 Å². The van der Waals surface area contributed by atoms with Crippen LogP contribution in [0, 0.1) is 6.92 Å². The summed E-state index contributed by atoms with van der Waals surface area (Å²) in [6, 6.07) is 6.18. The summed E-state index contributed by atoms with van der Waals surface area (Å²) in [6.07, 6.45) is 4.14. The van der Waals surface area contributed by atoms with E-state index in [-0.39, 0.29) is 5.95 Å². The molecule has 0 aliphatic heterocycles. The second-order valence-electron chi connectivity index (χ2n) is 5.47. The molecule has 0 aliphatic carbocycles. The number of benzene rings is 1. The molecule has 3 aromatic rings. The molecule has 0 atom stereocenters. The van der Waals surface area contributed by atoms with Crippen LogP contribution in [-0.4, -0.2) is 21.5 Å². The molecule has 1 aromatic carbocycles. The van der Waals surface area contributed by atoms with E-state index in [9.17, 15) is 0 Å². The van der Waals surface area contributed by atoms with E-state index in [0.29, 0.717) is 12.2 Å². The Morgan fingerprint density at radius 3 is 2.74 bits per heavy atom. The molecule has 2 aromatic heterocycles. The first-order valence-electron chi connectivity index (χ1n) is 7.58. The first-order valence-corrected chi connectivity index (χ1v) is 7.58. The average Bonchev–Trinajstić information content (AvgIpc) is 2.53. The highest BCUT2D eigenvalue weighted by atomic mass is 15.0. The molecule has 0 bridgehead atoms. The molecule has 3 rings (SSSR count). The van der Waals surface area contributed by atoms with Crippen molar-refractivity contribution in [2.75, 3.05) is 23.3 Å². The van der Waals surface area contributed by atoms with Crippen LogP contribution in [0.15, 0.2) is 30.6 Å². The van der Waals surface area contributed by atoms with Gasteiger partial charge in [0.1, 0.15) is 5.82 Å². The number of fused-ring (bicyclic) bond motifs is 1. The Kier molecular flexibility index (Phi) is 3.97. The van der Waals surface area contributed by atoms with Gasteiger partial charge in [-0.3, -0.25) is 4.98 Å². The maximum atomic E-state index is 5.97. The number of aromatic nitrogens is 3. The van der Waals surface area contributed by atoms with Crippen molar-refractivity contribution in [1.82, 2.24) is 15.0 Å². The zero-order chi connectivity index (χ0) is 16.4. The molecule has 118 valence electrons. The van der Waals surface area contributed by atoms with Crippen LogP contribution in [0.25, 0.3) is 10.9 Å².